The molecule has 88 valence electrons. The van der Waals surface area contributed by atoms with E-state index < -0.39 is 0 Å². The van der Waals surface area contributed by atoms with Crippen LogP contribution in [0.4, 0.5) is 0 Å². The van der Waals surface area contributed by atoms with E-state index in [1.165, 1.54) is 13.8 Å². The maximum absolute atomic E-state index is 11.1. The molecule has 0 atom stereocenters. The Bertz CT molecular complexity index is 309. The van der Waals surface area contributed by atoms with Crippen molar-refractivity contribution in [3.8, 4) is 0 Å². The number of ketones is 2. The predicted molar refractivity (Wildman–Crippen MR) is 61.0 cm³/mol. The third kappa shape index (κ3) is 3.98. The summed E-state index contributed by atoms with van der Waals surface area (Å²) in [6.45, 7) is 5.94. The van der Waals surface area contributed by atoms with Gasteiger partial charge in [-0.15, -0.1) is 0 Å². The smallest absolute Gasteiger partial charge is 0.163 e. The number of carbonyl (C=O) groups excluding carboxylic acids is 2. The van der Waals surface area contributed by atoms with Crippen molar-refractivity contribution in [2.45, 2.75) is 13.8 Å². The van der Waals surface area contributed by atoms with Crippen molar-refractivity contribution in [1.29, 1.82) is 0 Å². The van der Waals surface area contributed by atoms with E-state index in [1.807, 2.05) is 6.20 Å². The summed E-state index contributed by atoms with van der Waals surface area (Å²) in [5, 5.41) is 0. The predicted octanol–water partition coefficient (Wildman–Crippen LogP) is 0.937. The van der Waals surface area contributed by atoms with Crippen LogP contribution in [0.15, 0.2) is 23.9 Å². The summed E-state index contributed by atoms with van der Waals surface area (Å²) in [6.07, 6.45) is 5.19. The van der Waals surface area contributed by atoms with Crippen LogP contribution in [-0.4, -0.2) is 42.8 Å². The van der Waals surface area contributed by atoms with Crippen molar-refractivity contribution in [2.24, 2.45) is 0 Å². The van der Waals surface area contributed by atoms with Crippen LogP contribution in [0.3, 0.4) is 0 Å². The van der Waals surface area contributed by atoms with E-state index in [-0.39, 0.29) is 17.1 Å². The second-order valence-corrected chi connectivity index (χ2v) is 3.68. The van der Waals surface area contributed by atoms with Crippen molar-refractivity contribution in [1.82, 2.24) is 4.90 Å². The maximum Gasteiger partial charge on any atom is 0.163 e. The first kappa shape index (κ1) is 12.6. The van der Waals surface area contributed by atoms with Gasteiger partial charge in [0.2, 0.25) is 0 Å². The molecule has 4 heteroatoms. The molecule has 1 saturated heterocycles. The summed E-state index contributed by atoms with van der Waals surface area (Å²) in [7, 11) is 0. The summed E-state index contributed by atoms with van der Waals surface area (Å²) in [5.41, 5.74) is 0.240. The minimum Gasteiger partial charge on any atom is -0.378 e. The Hall–Kier alpha value is -1.42. The Kier molecular flexibility index (Phi) is 4.92. The summed E-state index contributed by atoms with van der Waals surface area (Å²) in [6, 6.07) is 0. The molecule has 1 aliphatic rings. The molecule has 0 saturated carbocycles. The van der Waals surface area contributed by atoms with Gasteiger partial charge in [-0.2, -0.15) is 0 Å². The molecule has 1 heterocycles. The monoisotopic (exact) mass is 223 g/mol. The second-order valence-electron chi connectivity index (χ2n) is 3.68. The van der Waals surface area contributed by atoms with Crippen molar-refractivity contribution < 1.29 is 14.3 Å². The van der Waals surface area contributed by atoms with Gasteiger partial charge in [0.15, 0.2) is 11.6 Å². The lowest BCUT2D eigenvalue weighted by Gasteiger charge is -2.24. The molecule has 0 N–H and O–H groups in total. The lowest BCUT2D eigenvalue weighted by molar-refractivity contribution is -0.119. The quantitative estimate of drug-likeness (QED) is 0.308. The van der Waals surface area contributed by atoms with Crippen LogP contribution < -0.4 is 0 Å². The maximum atomic E-state index is 11.1. The standard InChI is InChI=1S/C12H17NO3/c1-10(14)12(11(2)15)4-3-5-13-6-8-16-9-7-13/h3-5H,6-9H2,1-2H3. The SMILES string of the molecule is CC(=O)C(=CC=CN1CCOCC1)C(C)=O. The molecule has 0 amide bonds. The number of hydrogen-bond donors (Lipinski definition) is 0. The van der Waals surface area contributed by atoms with Crippen molar-refractivity contribution in [3.63, 3.8) is 0 Å². The summed E-state index contributed by atoms with van der Waals surface area (Å²) >= 11 is 0. The minimum atomic E-state index is -0.195. The van der Waals surface area contributed by atoms with Gasteiger partial charge in [0.25, 0.3) is 0 Å². The van der Waals surface area contributed by atoms with Crippen LogP contribution in [0.5, 0.6) is 0 Å². The zero-order valence-corrected chi connectivity index (χ0v) is 9.73. The Balaban J connectivity index is 2.57. The van der Waals surface area contributed by atoms with Gasteiger partial charge in [0.1, 0.15) is 0 Å². The molecule has 4 nitrogen and oxygen atoms in total. The van der Waals surface area contributed by atoms with Gasteiger partial charge in [-0.05, 0) is 32.2 Å². The number of rotatable bonds is 4. The molecule has 1 rings (SSSR count). The number of ether oxygens (including phenoxy) is 1. The molecule has 0 radical (unpaired) electrons. The molecule has 1 aliphatic heterocycles. The van der Waals surface area contributed by atoms with Crippen LogP contribution in [0.2, 0.25) is 0 Å². The van der Waals surface area contributed by atoms with E-state index in [4.69, 9.17) is 4.74 Å². The zero-order valence-electron chi connectivity index (χ0n) is 9.73. The highest BCUT2D eigenvalue weighted by Gasteiger charge is 2.08. The highest BCUT2D eigenvalue weighted by molar-refractivity contribution is 6.18. The minimum absolute atomic E-state index is 0.195. The van der Waals surface area contributed by atoms with E-state index in [2.05, 4.69) is 4.90 Å². The first-order valence-electron chi connectivity index (χ1n) is 5.33. The zero-order chi connectivity index (χ0) is 12.0. The second kappa shape index (κ2) is 6.23. The van der Waals surface area contributed by atoms with Gasteiger partial charge in [-0.25, -0.2) is 0 Å². The fourth-order valence-electron chi connectivity index (χ4n) is 1.47. The van der Waals surface area contributed by atoms with Crippen LogP contribution >= 0.6 is 0 Å². The van der Waals surface area contributed by atoms with Gasteiger partial charge < -0.3 is 9.64 Å². The van der Waals surface area contributed by atoms with Crippen LogP contribution in [-0.2, 0) is 14.3 Å². The van der Waals surface area contributed by atoms with E-state index in [1.54, 1.807) is 12.2 Å². The van der Waals surface area contributed by atoms with E-state index >= 15 is 0 Å². The highest BCUT2D eigenvalue weighted by atomic mass is 16.5. The molecule has 0 aromatic rings. The van der Waals surface area contributed by atoms with Crippen LogP contribution in [0.1, 0.15) is 13.8 Å². The Morgan fingerprint density at radius 3 is 2.19 bits per heavy atom. The summed E-state index contributed by atoms with van der Waals surface area (Å²) < 4.78 is 5.20. The Morgan fingerprint density at radius 2 is 1.69 bits per heavy atom. The van der Waals surface area contributed by atoms with Gasteiger partial charge in [-0.3, -0.25) is 9.59 Å². The number of carbonyl (C=O) groups is 2. The molecule has 16 heavy (non-hydrogen) atoms. The third-order valence-electron chi connectivity index (χ3n) is 2.36. The fourth-order valence-corrected chi connectivity index (χ4v) is 1.47. The van der Waals surface area contributed by atoms with Crippen LogP contribution in [0, 0.1) is 0 Å². The van der Waals surface area contributed by atoms with E-state index in [0.29, 0.717) is 0 Å². The van der Waals surface area contributed by atoms with E-state index in [9.17, 15) is 9.59 Å². The highest BCUT2D eigenvalue weighted by Crippen LogP contribution is 2.01. The van der Waals surface area contributed by atoms with Gasteiger partial charge in [0.05, 0.1) is 18.8 Å². The molecular weight excluding hydrogens is 206 g/mol. The topological polar surface area (TPSA) is 46.6 Å². The van der Waals surface area contributed by atoms with Crippen molar-refractivity contribution >= 4 is 11.6 Å². The Morgan fingerprint density at radius 1 is 1.12 bits per heavy atom. The van der Waals surface area contributed by atoms with E-state index in [0.717, 1.165) is 26.3 Å². The molecule has 0 aliphatic carbocycles. The number of nitrogens with zero attached hydrogens (tertiary/aromatic N) is 1. The third-order valence-corrected chi connectivity index (χ3v) is 2.36. The molecule has 0 spiro atoms. The summed E-state index contributed by atoms with van der Waals surface area (Å²) in [5.74, 6) is -0.391. The van der Waals surface area contributed by atoms with Gasteiger partial charge in [0, 0.05) is 13.1 Å². The molecule has 0 aromatic heterocycles. The molecule has 0 aromatic carbocycles. The number of allylic oxidation sites excluding steroid dienone is 3. The van der Waals surface area contributed by atoms with Crippen molar-refractivity contribution in [3.05, 3.63) is 23.9 Å². The fraction of sp³-hybridized carbons (Fsp3) is 0.500. The largest absolute Gasteiger partial charge is 0.378 e. The molecule has 0 unspecified atom stereocenters. The lowest BCUT2D eigenvalue weighted by Crippen LogP contribution is -2.31. The van der Waals surface area contributed by atoms with Crippen LogP contribution in [0.25, 0.3) is 0 Å². The Labute approximate surface area is 95.6 Å². The molecular formula is C12H17NO3. The normalized spacial score (nSPS) is 16.2. The summed E-state index contributed by atoms with van der Waals surface area (Å²) in [4.78, 5) is 24.3. The number of morpholine rings is 1. The van der Waals surface area contributed by atoms with Crippen molar-refractivity contribution in [2.75, 3.05) is 26.3 Å². The molecule has 1 fully saturated rings. The van der Waals surface area contributed by atoms with Gasteiger partial charge in [-0.1, -0.05) is 0 Å². The average Bonchev–Trinajstić information content (AvgIpc) is 2.24. The average molecular weight is 223 g/mol. The lowest BCUT2D eigenvalue weighted by atomic mass is 10.1. The molecule has 0 bridgehead atoms. The van der Waals surface area contributed by atoms with Gasteiger partial charge >= 0.3 is 0 Å². The number of hydrogen-bond acceptors (Lipinski definition) is 4. The first-order valence-corrected chi connectivity index (χ1v) is 5.33. The first-order chi connectivity index (χ1) is 7.61. The number of Topliss-reactive ketones (excluding diaryl/α,β-unsaturated/α-hetero) is 2.